The third-order valence-corrected chi connectivity index (χ3v) is 17.6. The van der Waals surface area contributed by atoms with Crippen LogP contribution in [0, 0.1) is 3.57 Å². The van der Waals surface area contributed by atoms with E-state index in [0.717, 1.165) is 39.8 Å². The second kappa shape index (κ2) is 11.2. The number of aliphatic hydroxyl groups is 1. The number of carbonyl (C=O) groups excluding carboxylic acids is 2. The zero-order chi connectivity index (χ0) is 24.2. The molecule has 0 saturated carbocycles. The van der Waals surface area contributed by atoms with E-state index >= 15 is 0 Å². The summed E-state index contributed by atoms with van der Waals surface area (Å²) in [7, 11) is -4.35. The van der Waals surface area contributed by atoms with Gasteiger partial charge in [-0.3, -0.25) is 9.59 Å². The molecule has 0 fully saturated rings. The molecule has 0 saturated heterocycles. The average Bonchev–Trinajstić information content (AvgIpc) is 3.08. The quantitative estimate of drug-likeness (QED) is 0.237. The zero-order valence-corrected chi connectivity index (χ0v) is 24.4. The van der Waals surface area contributed by atoms with Crippen LogP contribution in [0.15, 0.2) is 18.2 Å². The van der Waals surface area contributed by atoms with Gasteiger partial charge in [0.1, 0.15) is 6.10 Å². The first-order chi connectivity index (χ1) is 15.1. The van der Waals surface area contributed by atoms with Crippen molar-refractivity contribution in [3.8, 4) is 0 Å². The fourth-order valence-electron chi connectivity index (χ4n) is 4.55. The minimum Gasteiger partial charge on any atom is -0.409 e. The number of hydrogen-bond donors (Lipinski definition) is 2. The van der Waals surface area contributed by atoms with Crippen molar-refractivity contribution in [3.63, 3.8) is 0 Å². The monoisotopic (exact) mass is 591 g/mol. The van der Waals surface area contributed by atoms with Crippen molar-refractivity contribution in [1.29, 1.82) is 0 Å². The lowest BCUT2D eigenvalue weighted by Crippen LogP contribution is -2.57. The predicted octanol–water partition coefficient (Wildman–Crippen LogP) is 5.41. The first-order valence-corrected chi connectivity index (χ1v) is 17.9. The molecule has 1 aromatic carbocycles. The van der Waals surface area contributed by atoms with Gasteiger partial charge in [0.2, 0.25) is 5.60 Å². The summed E-state index contributed by atoms with van der Waals surface area (Å²) in [6.07, 6.45) is -1.29. The lowest BCUT2D eigenvalue weighted by atomic mass is 9.87. The molecule has 6 nitrogen and oxygen atoms in total. The molecule has 1 aliphatic heterocycles. The Morgan fingerprint density at radius 3 is 2.06 bits per heavy atom. The molecule has 1 aliphatic rings. The van der Waals surface area contributed by atoms with E-state index in [4.69, 9.17) is 8.85 Å². The van der Waals surface area contributed by atoms with Crippen LogP contribution in [-0.2, 0) is 24.0 Å². The second-order valence-corrected chi connectivity index (χ2v) is 19.3. The number of nitrogens with one attached hydrogen (secondary N) is 1. The number of carbonyl (C=O) groups is 2. The smallest absolute Gasteiger partial charge is 0.264 e. The van der Waals surface area contributed by atoms with Gasteiger partial charge in [0.05, 0.1) is 12.3 Å². The summed E-state index contributed by atoms with van der Waals surface area (Å²) >= 11 is 2.12. The van der Waals surface area contributed by atoms with Crippen molar-refractivity contribution < 1.29 is 23.5 Å². The van der Waals surface area contributed by atoms with E-state index in [0.29, 0.717) is 11.3 Å². The number of rotatable bonds is 13. The molecule has 1 heterocycles. The number of ketones is 1. The Morgan fingerprint density at radius 2 is 1.56 bits per heavy atom. The third-order valence-electron chi connectivity index (χ3n) is 7.44. The van der Waals surface area contributed by atoms with Crippen LogP contribution in [-0.4, -0.2) is 46.1 Å². The van der Waals surface area contributed by atoms with E-state index < -0.39 is 34.2 Å². The molecule has 9 heteroatoms. The van der Waals surface area contributed by atoms with E-state index in [9.17, 15) is 14.7 Å². The van der Waals surface area contributed by atoms with Crippen LogP contribution in [0.4, 0.5) is 5.69 Å². The largest absolute Gasteiger partial charge is 0.409 e. The van der Waals surface area contributed by atoms with Crippen molar-refractivity contribution in [3.05, 3.63) is 27.3 Å². The fourth-order valence-corrected chi connectivity index (χ4v) is 10.5. The molecule has 1 aromatic rings. The van der Waals surface area contributed by atoms with Gasteiger partial charge in [0, 0.05) is 9.13 Å². The number of hydrogen-bond acceptors (Lipinski definition) is 5. The lowest BCUT2D eigenvalue weighted by Gasteiger charge is -2.39. The molecule has 0 aromatic heterocycles. The maximum absolute atomic E-state index is 13.6. The molecule has 2 rings (SSSR count). The van der Waals surface area contributed by atoms with Gasteiger partial charge >= 0.3 is 0 Å². The molecular formula is C23H38INO5Si2. The standard InChI is InChI=1S/C23H38INO5Si2/c1-7-31(8-2,9-3)29-16-19(26)21(30-32(10-4,11-5)12-6)23(28)17-14-13-15-18(24)20(17)25-22(23)27/h13-15,21,28H,7-12,16H2,1-6H3,(H,25,27)/t21-,23+/m1/s1. The van der Waals surface area contributed by atoms with Crippen LogP contribution < -0.4 is 5.32 Å². The molecule has 0 spiro atoms. The van der Waals surface area contributed by atoms with Crippen LogP contribution in [0.3, 0.4) is 0 Å². The first kappa shape index (κ1) is 27.6. The first-order valence-electron chi connectivity index (χ1n) is 11.8. The molecule has 1 amide bonds. The van der Waals surface area contributed by atoms with Gasteiger partial charge < -0.3 is 19.3 Å². The van der Waals surface area contributed by atoms with E-state index in [2.05, 4.69) is 69.5 Å². The minimum atomic E-state index is -2.33. The third kappa shape index (κ3) is 5.07. The highest BCUT2D eigenvalue weighted by molar-refractivity contribution is 14.1. The Balaban J connectivity index is 2.52. The molecule has 32 heavy (non-hydrogen) atoms. The number of amides is 1. The van der Waals surface area contributed by atoms with E-state index in [1.807, 2.05) is 6.07 Å². The van der Waals surface area contributed by atoms with E-state index in [1.165, 1.54) is 0 Å². The number of fused-ring (bicyclic) bond motifs is 1. The van der Waals surface area contributed by atoms with Gasteiger partial charge in [-0.2, -0.15) is 0 Å². The topological polar surface area (TPSA) is 84.9 Å². The van der Waals surface area contributed by atoms with Crippen LogP contribution in [0.2, 0.25) is 36.3 Å². The van der Waals surface area contributed by atoms with Crippen LogP contribution >= 0.6 is 22.6 Å². The zero-order valence-electron chi connectivity index (χ0n) is 20.2. The van der Waals surface area contributed by atoms with Gasteiger partial charge in [-0.15, -0.1) is 0 Å². The molecule has 0 unspecified atom stereocenters. The summed E-state index contributed by atoms with van der Waals surface area (Å²) in [5.74, 6) is -0.958. The number of benzene rings is 1. The normalized spacial score (nSPS) is 19.6. The molecule has 0 radical (unpaired) electrons. The van der Waals surface area contributed by atoms with Crippen LogP contribution in [0.5, 0.6) is 0 Å². The number of halogens is 1. The summed E-state index contributed by atoms with van der Waals surface area (Å²) in [4.78, 5) is 26.8. The van der Waals surface area contributed by atoms with E-state index in [-0.39, 0.29) is 12.4 Å². The molecular weight excluding hydrogens is 553 g/mol. The van der Waals surface area contributed by atoms with Gasteiger partial charge in [0.25, 0.3) is 5.91 Å². The molecule has 2 atom stereocenters. The van der Waals surface area contributed by atoms with Crippen molar-refractivity contribution >= 4 is 56.6 Å². The highest BCUT2D eigenvalue weighted by Gasteiger charge is 2.57. The second-order valence-electron chi connectivity index (χ2n) is 8.62. The Bertz CT molecular complexity index is 812. The van der Waals surface area contributed by atoms with Crippen molar-refractivity contribution in [1.82, 2.24) is 0 Å². The Morgan fingerprint density at radius 1 is 1.03 bits per heavy atom. The molecule has 0 bridgehead atoms. The number of para-hydroxylation sites is 1. The van der Waals surface area contributed by atoms with Crippen molar-refractivity contribution in [2.75, 3.05) is 11.9 Å². The summed E-state index contributed by atoms with van der Waals surface area (Å²) in [6.45, 7) is 12.4. The molecule has 2 N–H and O–H groups in total. The fraction of sp³-hybridized carbons (Fsp3) is 0.652. The lowest BCUT2D eigenvalue weighted by molar-refractivity contribution is -0.157. The average molecular weight is 592 g/mol. The van der Waals surface area contributed by atoms with Gasteiger partial charge in [-0.25, -0.2) is 0 Å². The maximum Gasteiger partial charge on any atom is 0.264 e. The number of Topliss-reactive ketones (excluding diaryl/α,β-unsaturated/α-hetero) is 1. The Kier molecular flexibility index (Phi) is 9.69. The summed E-state index contributed by atoms with van der Waals surface area (Å²) < 4.78 is 13.7. The number of anilines is 1. The highest BCUT2D eigenvalue weighted by atomic mass is 127. The highest BCUT2D eigenvalue weighted by Crippen LogP contribution is 2.43. The summed E-state index contributed by atoms with van der Waals surface area (Å²) in [5.41, 5.74) is -1.10. The minimum absolute atomic E-state index is 0.136. The van der Waals surface area contributed by atoms with Crippen LogP contribution in [0.1, 0.15) is 47.1 Å². The molecule has 180 valence electrons. The maximum atomic E-state index is 13.6. The van der Waals surface area contributed by atoms with Gasteiger partial charge in [-0.1, -0.05) is 53.7 Å². The summed E-state index contributed by atoms with van der Waals surface area (Å²) in [6, 6.07) is 10.5. The predicted molar refractivity (Wildman–Crippen MR) is 142 cm³/mol. The SMILES string of the molecule is CC[Si](CC)(CC)OCC(=O)[C@@H](O[Si](CC)(CC)CC)[C@]1(O)C(=O)Nc2c(I)cccc21. The summed E-state index contributed by atoms with van der Waals surface area (Å²) in [5, 5.41) is 14.6. The Hall–Kier alpha value is -0.596. The van der Waals surface area contributed by atoms with E-state index in [1.54, 1.807) is 12.1 Å². The van der Waals surface area contributed by atoms with Crippen molar-refractivity contribution in [2.24, 2.45) is 0 Å². The van der Waals surface area contributed by atoms with Gasteiger partial charge in [0.15, 0.2) is 22.4 Å². The molecule has 0 aliphatic carbocycles. The van der Waals surface area contributed by atoms with Crippen LogP contribution in [0.25, 0.3) is 0 Å². The van der Waals surface area contributed by atoms with Gasteiger partial charge in [-0.05, 0) is 64.9 Å². The Labute approximate surface area is 208 Å². The van der Waals surface area contributed by atoms with Crippen molar-refractivity contribution in [2.45, 2.75) is 89.5 Å².